The number of fused-ring (bicyclic) bond motifs is 3. The lowest BCUT2D eigenvalue weighted by atomic mass is 10.3. The maximum Gasteiger partial charge on any atom is 0.273 e. The van der Waals surface area contributed by atoms with Crippen molar-refractivity contribution in [2.75, 3.05) is 0 Å². The lowest BCUT2D eigenvalue weighted by Gasteiger charge is -1.88. The Morgan fingerprint density at radius 1 is 1.57 bits per heavy atom. The summed E-state index contributed by atoms with van der Waals surface area (Å²) >= 11 is 1.62. The van der Waals surface area contributed by atoms with Gasteiger partial charge in [-0.3, -0.25) is 4.79 Å². The predicted molar refractivity (Wildman–Crippen MR) is 55.9 cm³/mol. The highest BCUT2D eigenvalue weighted by Gasteiger charge is 2.11. The van der Waals surface area contributed by atoms with Crippen molar-refractivity contribution in [3.05, 3.63) is 33.8 Å². The monoisotopic (exact) mass is 205 g/mol. The van der Waals surface area contributed by atoms with Crippen molar-refractivity contribution in [3.63, 3.8) is 0 Å². The number of nitrogens with zero attached hydrogens (tertiary/aromatic N) is 2. The van der Waals surface area contributed by atoms with Crippen LogP contribution in [0, 0.1) is 6.92 Å². The van der Waals surface area contributed by atoms with Gasteiger partial charge in [-0.25, -0.2) is 5.10 Å². The second-order valence-electron chi connectivity index (χ2n) is 3.15. The Morgan fingerprint density at radius 3 is 3.29 bits per heavy atom. The minimum Gasteiger partial charge on any atom is -0.311 e. The van der Waals surface area contributed by atoms with Gasteiger partial charge in [0.2, 0.25) is 0 Å². The van der Waals surface area contributed by atoms with E-state index < -0.39 is 0 Å². The van der Waals surface area contributed by atoms with E-state index in [9.17, 15) is 4.79 Å². The van der Waals surface area contributed by atoms with E-state index in [1.54, 1.807) is 17.5 Å². The van der Waals surface area contributed by atoms with Crippen LogP contribution in [0.15, 0.2) is 22.6 Å². The van der Waals surface area contributed by atoms with Gasteiger partial charge in [0.05, 0.1) is 11.6 Å². The predicted octanol–water partition coefficient (Wildman–Crippen LogP) is 1.55. The third-order valence-corrected chi connectivity index (χ3v) is 3.32. The van der Waals surface area contributed by atoms with Gasteiger partial charge in [-0.15, -0.1) is 11.3 Å². The van der Waals surface area contributed by atoms with Gasteiger partial charge in [0.25, 0.3) is 5.56 Å². The molecule has 0 fully saturated rings. The average Bonchev–Trinajstić information content (AvgIpc) is 2.71. The van der Waals surface area contributed by atoms with Crippen molar-refractivity contribution in [1.82, 2.24) is 14.6 Å². The van der Waals surface area contributed by atoms with Crippen molar-refractivity contribution in [1.29, 1.82) is 0 Å². The van der Waals surface area contributed by atoms with Crippen molar-refractivity contribution >= 4 is 26.9 Å². The van der Waals surface area contributed by atoms with Crippen LogP contribution in [0.1, 0.15) is 5.69 Å². The van der Waals surface area contributed by atoms with Crippen molar-refractivity contribution in [3.8, 4) is 0 Å². The molecule has 0 unspecified atom stereocenters. The highest BCUT2D eigenvalue weighted by atomic mass is 32.1. The molecule has 3 rings (SSSR count). The highest BCUT2D eigenvalue weighted by molar-refractivity contribution is 7.16. The van der Waals surface area contributed by atoms with Crippen LogP contribution >= 0.6 is 11.3 Å². The molecule has 0 aliphatic heterocycles. The fraction of sp³-hybridized carbons (Fsp3) is 0.111. The number of hydrogen-bond acceptors (Lipinski definition) is 3. The molecule has 0 aliphatic carbocycles. The molecule has 0 saturated carbocycles. The van der Waals surface area contributed by atoms with Gasteiger partial charge >= 0.3 is 0 Å². The molecule has 3 aromatic heterocycles. The van der Waals surface area contributed by atoms with Crippen LogP contribution in [0.5, 0.6) is 0 Å². The first-order valence-corrected chi connectivity index (χ1v) is 5.08. The van der Waals surface area contributed by atoms with Gasteiger partial charge in [-0.05, 0) is 6.92 Å². The topological polar surface area (TPSA) is 50.2 Å². The summed E-state index contributed by atoms with van der Waals surface area (Å²) in [7, 11) is 0. The summed E-state index contributed by atoms with van der Waals surface area (Å²) in [5.74, 6) is 0. The van der Waals surface area contributed by atoms with E-state index >= 15 is 0 Å². The van der Waals surface area contributed by atoms with E-state index in [1.165, 1.54) is 0 Å². The van der Waals surface area contributed by atoms with Crippen LogP contribution in [0.4, 0.5) is 0 Å². The summed E-state index contributed by atoms with van der Waals surface area (Å²) in [5, 5.41) is 9.94. The van der Waals surface area contributed by atoms with Gasteiger partial charge in [-0.1, -0.05) is 0 Å². The van der Waals surface area contributed by atoms with E-state index in [0.29, 0.717) is 0 Å². The molecule has 4 nitrogen and oxygen atoms in total. The molecule has 0 bridgehead atoms. The third-order valence-electron chi connectivity index (χ3n) is 2.42. The Kier molecular flexibility index (Phi) is 1.36. The minimum atomic E-state index is -0.115. The Labute approximate surface area is 82.8 Å². The number of H-pyrrole nitrogens is 1. The number of hydrogen-bond donors (Lipinski definition) is 1. The summed E-state index contributed by atoms with van der Waals surface area (Å²) in [6.07, 6.45) is 3.67. The van der Waals surface area contributed by atoms with Gasteiger partial charge in [0, 0.05) is 22.7 Å². The third kappa shape index (κ3) is 0.773. The molecule has 70 valence electrons. The van der Waals surface area contributed by atoms with E-state index in [2.05, 4.69) is 10.2 Å². The Hall–Kier alpha value is -1.62. The lowest BCUT2D eigenvalue weighted by molar-refractivity contribution is 1.01. The Bertz CT molecular complexity index is 676. The summed E-state index contributed by atoms with van der Waals surface area (Å²) in [4.78, 5) is 12.6. The Morgan fingerprint density at radius 2 is 2.43 bits per heavy atom. The van der Waals surface area contributed by atoms with E-state index in [-0.39, 0.29) is 5.56 Å². The number of aromatic amines is 1. The van der Waals surface area contributed by atoms with E-state index in [0.717, 1.165) is 21.3 Å². The van der Waals surface area contributed by atoms with Crippen LogP contribution in [-0.4, -0.2) is 14.6 Å². The van der Waals surface area contributed by atoms with Crippen molar-refractivity contribution in [2.45, 2.75) is 6.92 Å². The molecule has 0 saturated heterocycles. The molecule has 0 spiro atoms. The second kappa shape index (κ2) is 2.45. The SMILES string of the molecule is Cc1c2c(=O)[nH]ncc2c2sccn12. The molecule has 0 aromatic carbocycles. The molecule has 0 radical (unpaired) electrons. The average molecular weight is 205 g/mol. The first kappa shape index (κ1) is 7.75. The fourth-order valence-electron chi connectivity index (χ4n) is 1.78. The van der Waals surface area contributed by atoms with Crippen LogP contribution in [-0.2, 0) is 0 Å². The van der Waals surface area contributed by atoms with Crippen LogP contribution in [0.25, 0.3) is 15.6 Å². The Balaban J connectivity index is 2.78. The van der Waals surface area contributed by atoms with Crippen LogP contribution in [0.2, 0.25) is 0 Å². The lowest BCUT2D eigenvalue weighted by Crippen LogP contribution is -2.07. The van der Waals surface area contributed by atoms with Gasteiger partial charge in [0.1, 0.15) is 4.83 Å². The normalized spacial score (nSPS) is 11.5. The van der Waals surface area contributed by atoms with Gasteiger partial charge < -0.3 is 4.40 Å². The number of thiazole rings is 1. The zero-order valence-electron chi connectivity index (χ0n) is 7.44. The second-order valence-corrected chi connectivity index (χ2v) is 4.05. The van der Waals surface area contributed by atoms with Gasteiger partial charge in [-0.2, -0.15) is 5.10 Å². The molecule has 0 atom stereocenters. The minimum absolute atomic E-state index is 0.115. The maximum absolute atomic E-state index is 11.5. The largest absolute Gasteiger partial charge is 0.311 e. The molecule has 0 amide bonds. The van der Waals surface area contributed by atoms with Crippen LogP contribution in [0.3, 0.4) is 0 Å². The molecule has 1 N–H and O–H groups in total. The standard InChI is InChI=1S/C9H7N3OS/c1-5-7-6(4-10-11-8(7)13)9-12(5)2-3-14-9/h2-4H,1H3,(H,11,13). The number of rotatable bonds is 0. The number of aromatic nitrogens is 3. The van der Waals surface area contributed by atoms with E-state index in [1.807, 2.05) is 22.9 Å². The number of nitrogens with one attached hydrogen (secondary N) is 1. The fourth-order valence-corrected chi connectivity index (χ4v) is 2.68. The van der Waals surface area contributed by atoms with Gasteiger partial charge in [0.15, 0.2) is 0 Å². The summed E-state index contributed by atoms with van der Waals surface area (Å²) in [5.41, 5.74) is 0.857. The molecular formula is C9H7N3OS. The molecule has 5 heteroatoms. The summed E-state index contributed by atoms with van der Waals surface area (Å²) in [6.45, 7) is 1.94. The molecular weight excluding hydrogens is 198 g/mol. The summed E-state index contributed by atoms with van der Waals surface area (Å²) < 4.78 is 2.02. The molecule has 3 aromatic rings. The molecule has 0 aliphatic rings. The smallest absolute Gasteiger partial charge is 0.273 e. The van der Waals surface area contributed by atoms with Crippen LogP contribution < -0.4 is 5.56 Å². The quantitative estimate of drug-likeness (QED) is 0.605. The van der Waals surface area contributed by atoms with Crippen molar-refractivity contribution in [2.24, 2.45) is 0 Å². The first-order valence-electron chi connectivity index (χ1n) is 4.20. The highest BCUT2D eigenvalue weighted by Crippen LogP contribution is 2.26. The zero-order chi connectivity index (χ0) is 9.71. The first-order chi connectivity index (χ1) is 6.79. The number of aryl methyl sites for hydroxylation is 1. The van der Waals surface area contributed by atoms with Crippen molar-refractivity contribution < 1.29 is 0 Å². The zero-order valence-corrected chi connectivity index (χ0v) is 8.26. The summed E-state index contributed by atoms with van der Waals surface area (Å²) in [6, 6.07) is 0. The molecule has 14 heavy (non-hydrogen) atoms. The van der Waals surface area contributed by atoms with E-state index in [4.69, 9.17) is 0 Å². The maximum atomic E-state index is 11.5. The molecule has 3 heterocycles.